The third-order valence-electron chi connectivity index (χ3n) is 4.18. The van der Waals surface area contributed by atoms with E-state index in [4.69, 9.17) is 0 Å². The van der Waals surface area contributed by atoms with E-state index in [-0.39, 0.29) is 13.1 Å². The predicted molar refractivity (Wildman–Crippen MR) is 102 cm³/mol. The predicted octanol–water partition coefficient (Wildman–Crippen LogP) is 2.55. The highest BCUT2D eigenvalue weighted by Gasteiger charge is 2.23. The van der Waals surface area contributed by atoms with E-state index in [9.17, 15) is 18.0 Å². The summed E-state index contributed by atoms with van der Waals surface area (Å²) in [7, 11) is 0.982. The summed E-state index contributed by atoms with van der Waals surface area (Å²) in [6.45, 7) is 3.89. The van der Waals surface area contributed by atoms with Gasteiger partial charge in [-0.3, -0.25) is 9.36 Å². The van der Waals surface area contributed by atoms with Gasteiger partial charge >= 0.3 is 0 Å². The smallest absolute Gasteiger partial charge is 0.254 e. The minimum atomic E-state index is -1.49. The van der Waals surface area contributed by atoms with Crippen LogP contribution in [-0.4, -0.2) is 45.6 Å². The van der Waals surface area contributed by atoms with Gasteiger partial charge in [0.15, 0.2) is 17.4 Å². The fourth-order valence-electron chi connectivity index (χ4n) is 2.77. The number of anilines is 1. The van der Waals surface area contributed by atoms with Crippen LogP contribution >= 0.6 is 0 Å². The Balaban J connectivity index is 1.63. The van der Waals surface area contributed by atoms with Crippen molar-refractivity contribution in [3.05, 3.63) is 59.2 Å². The van der Waals surface area contributed by atoms with E-state index < -0.39 is 34.7 Å². The molecule has 1 amide bonds. The zero-order valence-electron chi connectivity index (χ0n) is 16.5. The fourth-order valence-corrected chi connectivity index (χ4v) is 2.77. The lowest BCUT2D eigenvalue weighted by Crippen LogP contribution is -2.30. The number of hydrogen-bond acceptors (Lipinski definition) is 6. The third kappa shape index (κ3) is 4.34. The molecule has 1 aromatic carbocycles. The molecule has 2 N–H and O–H groups in total. The molecule has 158 valence electrons. The standard InChI is InChI=1S/C19H19F3N6O2/c1-10-26-14(9-15(27-10)28-7-6-23-11(28)2)24-4-5-25-19(29)12-8-13(20)17(22)18(30-3)16(12)21/h6-9H,4-5H2,1-3H3,(H,25,29)(H,24,26,27). The van der Waals surface area contributed by atoms with Crippen molar-refractivity contribution in [2.24, 2.45) is 0 Å². The first-order valence-electron chi connectivity index (χ1n) is 8.91. The number of nitrogens with zero attached hydrogens (tertiary/aromatic N) is 4. The minimum Gasteiger partial charge on any atom is -0.491 e. The Hall–Kier alpha value is -3.63. The number of carbonyl (C=O) groups is 1. The van der Waals surface area contributed by atoms with Crippen LogP contribution in [0, 0.1) is 31.3 Å². The zero-order chi connectivity index (χ0) is 21.8. The molecule has 0 radical (unpaired) electrons. The van der Waals surface area contributed by atoms with Crippen molar-refractivity contribution in [1.29, 1.82) is 0 Å². The number of benzene rings is 1. The summed E-state index contributed by atoms with van der Waals surface area (Å²) >= 11 is 0. The van der Waals surface area contributed by atoms with Gasteiger partial charge in [0.2, 0.25) is 5.82 Å². The lowest BCUT2D eigenvalue weighted by Gasteiger charge is -2.12. The van der Waals surface area contributed by atoms with Gasteiger partial charge in [-0.05, 0) is 19.9 Å². The van der Waals surface area contributed by atoms with Crippen LogP contribution in [-0.2, 0) is 0 Å². The van der Waals surface area contributed by atoms with E-state index >= 15 is 0 Å². The van der Waals surface area contributed by atoms with E-state index in [1.54, 1.807) is 30.0 Å². The summed E-state index contributed by atoms with van der Waals surface area (Å²) < 4.78 is 47.5. The van der Waals surface area contributed by atoms with Crippen molar-refractivity contribution in [2.75, 3.05) is 25.5 Å². The number of halogens is 3. The molecule has 2 heterocycles. The number of hydrogen-bond donors (Lipinski definition) is 2. The van der Waals surface area contributed by atoms with Crippen molar-refractivity contribution in [1.82, 2.24) is 24.8 Å². The molecule has 11 heteroatoms. The van der Waals surface area contributed by atoms with Gasteiger partial charge in [-0.2, -0.15) is 4.39 Å². The number of aryl methyl sites for hydroxylation is 2. The van der Waals surface area contributed by atoms with Crippen LogP contribution in [0.5, 0.6) is 5.75 Å². The largest absolute Gasteiger partial charge is 0.491 e. The lowest BCUT2D eigenvalue weighted by atomic mass is 10.1. The molecule has 0 bridgehead atoms. The first kappa shape index (κ1) is 21.1. The number of amides is 1. The zero-order valence-corrected chi connectivity index (χ0v) is 16.5. The minimum absolute atomic E-state index is 0.0715. The highest BCUT2D eigenvalue weighted by atomic mass is 19.2. The van der Waals surface area contributed by atoms with E-state index in [2.05, 4.69) is 30.3 Å². The fraction of sp³-hybridized carbons (Fsp3) is 0.263. The molecule has 3 rings (SSSR count). The molecule has 0 atom stereocenters. The van der Waals surface area contributed by atoms with Crippen molar-refractivity contribution in [3.63, 3.8) is 0 Å². The molecule has 8 nitrogen and oxygen atoms in total. The van der Waals surface area contributed by atoms with Crippen molar-refractivity contribution >= 4 is 11.7 Å². The van der Waals surface area contributed by atoms with Crippen LogP contribution in [0.25, 0.3) is 5.82 Å². The monoisotopic (exact) mass is 420 g/mol. The average Bonchev–Trinajstić information content (AvgIpc) is 3.14. The molecule has 2 aromatic heterocycles. The number of rotatable bonds is 7. The Morgan fingerprint density at radius 2 is 1.90 bits per heavy atom. The second-order valence-corrected chi connectivity index (χ2v) is 6.25. The first-order valence-corrected chi connectivity index (χ1v) is 8.91. The van der Waals surface area contributed by atoms with E-state index in [1.165, 1.54) is 0 Å². The van der Waals surface area contributed by atoms with Crippen molar-refractivity contribution in [2.45, 2.75) is 13.8 Å². The number of ether oxygens (including phenoxy) is 1. The molecule has 0 saturated heterocycles. The van der Waals surface area contributed by atoms with E-state index in [1.807, 2.05) is 6.92 Å². The maximum Gasteiger partial charge on any atom is 0.254 e. The summed E-state index contributed by atoms with van der Waals surface area (Å²) in [5.41, 5.74) is -0.651. The van der Waals surface area contributed by atoms with Crippen molar-refractivity contribution < 1.29 is 22.7 Å². The summed E-state index contributed by atoms with van der Waals surface area (Å²) in [5, 5.41) is 5.45. The van der Waals surface area contributed by atoms with Crippen LogP contribution in [0.15, 0.2) is 24.5 Å². The first-order chi connectivity index (χ1) is 14.3. The molecule has 0 aliphatic heterocycles. The third-order valence-corrected chi connectivity index (χ3v) is 4.18. The Morgan fingerprint density at radius 3 is 2.57 bits per heavy atom. The SMILES string of the molecule is COc1c(F)c(F)cc(C(=O)NCCNc2cc(-n3ccnc3C)nc(C)n2)c1F. The Bertz CT molecular complexity index is 1090. The Kier molecular flexibility index (Phi) is 6.19. The van der Waals surface area contributed by atoms with Crippen LogP contribution in [0.2, 0.25) is 0 Å². The highest BCUT2D eigenvalue weighted by molar-refractivity contribution is 5.95. The molecular weight excluding hydrogens is 401 g/mol. The number of nitrogens with one attached hydrogen (secondary N) is 2. The van der Waals surface area contributed by atoms with Gasteiger partial charge in [-0.15, -0.1) is 0 Å². The van der Waals surface area contributed by atoms with Crippen LogP contribution in [0.4, 0.5) is 19.0 Å². The lowest BCUT2D eigenvalue weighted by molar-refractivity contribution is 0.0949. The van der Waals surface area contributed by atoms with E-state index in [0.717, 1.165) is 12.9 Å². The summed E-state index contributed by atoms with van der Waals surface area (Å²) in [5.74, 6) is -3.56. The second kappa shape index (κ2) is 8.80. The molecular formula is C19H19F3N6O2. The summed E-state index contributed by atoms with van der Waals surface area (Å²) in [6.07, 6.45) is 3.42. The number of aromatic nitrogens is 4. The normalized spacial score (nSPS) is 10.7. The molecule has 0 fully saturated rings. The van der Waals surface area contributed by atoms with Gasteiger partial charge in [0, 0.05) is 31.5 Å². The molecule has 0 aliphatic carbocycles. The topological polar surface area (TPSA) is 94.0 Å². The summed E-state index contributed by atoms with van der Waals surface area (Å²) in [4.78, 5) is 24.9. The molecule has 0 aliphatic rings. The highest BCUT2D eigenvalue weighted by Crippen LogP contribution is 2.26. The van der Waals surface area contributed by atoms with Gasteiger partial charge in [0.25, 0.3) is 5.91 Å². The molecule has 0 saturated carbocycles. The second-order valence-electron chi connectivity index (χ2n) is 6.25. The molecule has 30 heavy (non-hydrogen) atoms. The number of carbonyl (C=O) groups excluding carboxylic acids is 1. The number of imidazole rings is 1. The van der Waals surface area contributed by atoms with Gasteiger partial charge in [0.05, 0.1) is 12.7 Å². The van der Waals surface area contributed by atoms with Gasteiger partial charge < -0.3 is 15.4 Å². The van der Waals surface area contributed by atoms with Crippen LogP contribution in [0.3, 0.4) is 0 Å². The number of methoxy groups -OCH3 is 1. The Labute approximate surface area is 170 Å². The van der Waals surface area contributed by atoms with Gasteiger partial charge in [-0.1, -0.05) is 0 Å². The van der Waals surface area contributed by atoms with Crippen LogP contribution in [0.1, 0.15) is 22.0 Å². The summed E-state index contributed by atoms with van der Waals surface area (Å²) in [6, 6.07) is 2.20. The average molecular weight is 420 g/mol. The maximum absolute atomic E-state index is 14.2. The quantitative estimate of drug-likeness (QED) is 0.451. The molecule has 0 spiro atoms. The van der Waals surface area contributed by atoms with Crippen molar-refractivity contribution in [3.8, 4) is 11.6 Å². The van der Waals surface area contributed by atoms with Crippen LogP contribution < -0.4 is 15.4 Å². The molecule has 0 unspecified atom stereocenters. The Morgan fingerprint density at radius 1 is 1.13 bits per heavy atom. The molecule has 3 aromatic rings. The van der Waals surface area contributed by atoms with Gasteiger partial charge in [-0.25, -0.2) is 23.7 Å². The van der Waals surface area contributed by atoms with Gasteiger partial charge in [0.1, 0.15) is 23.3 Å². The maximum atomic E-state index is 14.2. The van der Waals surface area contributed by atoms with E-state index in [0.29, 0.717) is 23.5 Å².